The van der Waals surface area contributed by atoms with E-state index in [1.807, 2.05) is 48.5 Å². The van der Waals surface area contributed by atoms with Gasteiger partial charge in [-0.3, -0.25) is 0 Å². The minimum atomic E-state index is 0.511. The van der Waals surface area contributed by atoms with E-state index in [1.54, 1.807) is 7.11 Å². The van der Waals surface area contributed by atoms with Gasteiger partial charge in [0.05, 0.1) is 6.61 Å². The van der Waals surface area contributed by atoms with Crippen LogP contribution in [0.3, 0.4) is 0 Å². The highest BCUT2D eigenvalue weighted by Crippen LogP contribution is 2.17. The Labute approximate surface area is 112 Å². The lowest BCUT2D eigenvalue weighted by Gasteiger charge is -2.08. The normalized spacial score (nSPS) is 10.3. The highest BCUT2D eigenvalue weighted by atomic mass is 35.5. The molecule has 0 radical (unpaired) electrons. The smallest absolute Gasteiger partial charge is 0.120 e. The lowest BCUT2D eigenvalue weighted by atomic mass is 10.2. The molecule has 0 spiro atoms. The predicted octanol–water partition coefficient (Wildman–Crippen LogP) is 4.07. The fourth-order valence-electron chi connectivity index (χ4n) is 1.69. The molecular weight excluding hydrogens is 248 g/mol. The van der Waals surface area contributed by atoms with Gasteiger partial charge in [-0.2, -0.15) is 0 Å². The van der Waals surface area contributed by atoms with Crippen molar-refractivity contribution >= 4 is 11.6 Å². The molecule has 0 fully saturated rings. The number of ether oxygens (including phenoxy) is 2. The first kappa shape index (κ1) is 12.9. The third-order valence-electron chi connectivity index (χ3n) is 2.50. The average molecular weight is 263 g/mol. The van der Waals surface area contributed by atoms with Crippen LogP contribution in [-0.2, 0) is 18.0 Å². The first-order valence-corrected chi connectivity index (χ1v) is 6.11. The second-order valence-electron chi connectivity index (χ2n) is 4.00. The summed E-state index contributed by atoms with van der Waals surface area (Å²) in [7, 11) is 1.68. The van der Waals surface area contributed by atoms with E-state index in [4.69, 9.17) is 21.1 Å². The lowest BCUT2D eigenvalue weighted by molar-refractivity contribution is 0.184. The summed E-state index contributed by atoms with van der Waals surface area (Å²) in [6, 6.07) is 15.5. The molecule has 0 bridgehead atoms. The van der Waals surface area contributed by atoms with Crippen LogP contribution < -0.4 is 4.74 Å². The second kappa shape index (κ2) is 6.43. The molecule has 0 amide bonds. The van der Waals surface area contributed by atoms with Gasteiger partial charge in [-0.25, -0.2) is 0 Å². The van der Waals surface area contributed by atoms with Crippen LogP contribution in [0.4, 0.5) is 0 Å². The summed E-state index contributed by atoms with van der Waals surface area (Å²) in [6.45, 7) is 1.10. The van der Waals surface area contributed by atoms with Crippen molar-refractivity contribution in [3.63, 3.8) is 0 Å². The van der Waals surface area contributed by atoms with Crippen LogP contribution >= 0.6 is 11.6 Å². The van der Waals surface area contributed by atoms with Gasteiger partial charge in [-0.05, 0) is 35.4 Å². The van der Waals surface area contributed by atoms with E-state index in [-0.39, 0.29) is 0 Å². The van der Waals surface area contributed by atoms with E-state index >= 15 is 0 Å². The predicted molar refractivity (Wildman–Crippen MR) is 72.9 cm³/mol. The van der Waals surface area contributed by atoms with Gasteiger partial charge >= 0.3 is 0 Å². The van der Waals surface area contributed by atoms with E-state index in [2.05, 4.69) is 0 Å². The molecule has 0 heterocycles. The summed E-state index contributed by atoms with van der Waals surface area (Å²) in [5.41, 5.74) is 2.15. The minimum absolute atomic E-state index is 0.511. The first-order chi connectivity index (χ1) is 8.78. The van der Waals surface area contributed by atoms with Crippen LogP contribution in [0.15, 0.2) is 48.5 Å². The van der Waals surface area contributed by atoms with Gasteiger partial charge in [0, 0.05) is 12.1 Å². The molecule has 3 heteroatoms. The third-order valence-corrected chi connectivity index (χ3v) is 2.74. The molecule has 2 aromatic carbocycles. The molecule has 0 saturated heterocycles. The van der Waals surface area contributed by atoms with Gasteiger partial charge < -0.3 is 9.47 Å². The number of hydrogen-bond donors (Lipinski definition) is 0. The van der Waals surface area contributed by atoms with Crippen molar-refractivity contribution in [1.82, 2.24) is 0 Å². The van der Waals surface area contributed by atoms with Crippen LogP contribution in [0.5, 0.6) is 5.75 Å². The number of methoxy groups -OCH3 is 1. The van der Waals surface area contributed by atoms with Crippen molar-refractivity contribution in [2.24, 2.45) is 0 Å². The van der Waals surface area contributed by atoms with Crippen LogP contribution in [-0.4, -0.2) is 7.11 Å². The Balaban J connectivity index is 1.99. The van der Waals surface area contributed by atoms with Crippen LogP contribution in [0.2, 0.25) is 5.02 Å². The van der Waals surface area contributed by atoms with Gasteiger partial charge in [0.1, 0.15) is 12.4 Å². The van der Waals surface area contributed by atoms with E-state index in [1.165, 1.54) is 0 Å². The van der Waals surface area contributed by atoms with E-state index < -0.39 is 0 Å². The van der Waals surface area contributed by atoms with Crippen molar-refractivity contribution in [1.29, 1.82) is 0 Å². The Morgan fingerprint density at radius 1 is 0.944 bits per heavy atom. The van der Waals surface area contributed by atoms with Gasteiger partial charge in [0.15, 0.2) is 0 Å². The quantitative estimate of drug-likeness (QED) is 0.809. The van der Waals surface area contributed by atoms with Gasteiger partial charge in [-0.1, -0.05) is 35.9 Å². The molecule has 0 aliphatic carbocycles. The standard InChI is InChI=1S/C15H15ClO2/c1-17-10-13-5-3-7-15(9-13)18-11-12-4-2-6-14(16)8-12/h2-9H,10-11H2,1H3. The molecule has 0 aliphatic rings. The van der Waals surface area contributed by atoms with Crippen molar-refractivity contribution in [2.75, 3.05) is 7.11 Å². The SMILES string of the molecule is COCc1cccc(OCc2cccc(Cl)c2)c1. The van der Waals surface area contributed by atoms with Gasteiger partial charge in [0.25, 0.3) is 0 Å². The summed E-state index contributed by atoms with van der Waals surface area (Å²) < 4.78 is 10.8. The molecular formula is C15H15ClO2. The zero-order chi connectivity index (χ0) is 12.8. The monoisotopic (exact) mass is 262 g/mol. The van der Waals surface area contributed by atoms with E-state index in [0.29, 0.717) is 13.2 Å². The molecule has 0 aromatic heterocycles. The molecule has 0 N–H and O–H groups in total. The molecule has 94 valence electrons. The molecule has 2 nitrogen and oxygen atoms in total. The zero-order valence-electron chi connectivity index (χ0n) is 10.2. The fraction of sp³-hybridized carbons (Fsp3) is 0.200. The second-order valence-corrected chi connectivity index (χ2v) is 4.44. The summed E-state index contributed by atoms with van der Waals surface area (Å²) >= 11 is 5.92. The van der Waals surface area contributed by atoms with Crippen molar-refractivity contribution in [3.05, 3.63) is 64.7 Å². The van der Waals surface area contributed by atoms with Crippen LogP contribution in [0, 0.1) is 0 Å². The Morgan fingerprint density at radius 3 is 2.39 bits per heavy atom. The number of benzene rings is 2. The summed E-state index contributed by atoms with van der Waals surface area (Å²) in [5.74, 6) is 0.838. The number of rotatable bonds is 5. The Bertz CT molecular complexity index is 511. The van der Waals surface area contributed by atoms with Crippen molar-refractivity contribution in [2.45, 2.75) is 13.2 Å². The minimum Gasteiger partial charge on any atom is -0.489 e. The molecule has 18 heavy (non-hydrogen) atoms. The number of halogens is 1. The fourth-order valence-corrected chi connectivity index (χ4v) is 1.90. The van der Waals surface area contributed by atoms with Crippen molar-refractivity contribution in [3.8, 4) is 5.75 Å². The Morgan fingerprint density at radius 2 is 1.67 bits per heavy atom. The molecule has 0 unspecified atom stereocenters. The van der Waals surface area contributed by atoms with E-state index in [9.17, 15) is 0 Å². The van der Waals surface area contributed by atoms with Crippen LogP contribution in [0.1, 0.15) is 11.1 Å². The summed E-state index contributed by atoms with van der Waals surface area (Å²) in [4.78, 5) is 0. The van der Waals surface area contributed by atoms with Crippen LogP contribution in [0.25, 0.3) is 0 Å². The van der Waals surface area contributed by atoms with E-state index in [0.717, 1.165) is 21.9 Å². The Kier molecular flexibility index (Phi) is 4.62. The molecule has 0 saturated carbocycles. The third kappa shape index (κ3) is 3.76. The first-order valence-electron chi connectivity index (χ1n) is 5.73. The molecule has 0 aliphatic heterocycles. The molecule has 2 rings (SSSR count). The number of hydrogen-bond acceptors (Lipinski definition) is 2. The van der Waals surface area contributed by atoms with Gasteiger partial charge in [0.2, 0.25) is 0 Å². The topological polar surface area (TPSA) is 18.5 Å². The van der Waals surface area contributed by atoms with Crippen molar-refractivity contribution < 1.29 is 9.47 Å². The average Bonchev–Trinajstić information content (AvgIpc) is 2.37. The lowest BCUT2D eigenvalue weighted by Crippen LogP contribution is -1.96. The van der Waals surface area contributed by atoms with Gasteiger partial charge in [-0.15, -0.1) is 0 Å². The summed E-state index contributed by atoms with van der Waals surface area (Å²) in [6.07, 6.45) is 0. The molecule has 0 atom stereocenters. The Hall–Kier alpha value is -1.51. The highest BCUT2D eigenvalue weighted by molar-refractivity contribution is 6.30. The molecule has 2 aromatic rings. The maximum absolute atomic E-state index is 5.92. The maximum atomic E-state index is 5.92. The maximum Gasteiger partial charge on any atom is 0.120 e. The summed E-state index contributed by atoms with van der Waals surface area (Å²) in [5, 5.41) is 0.726. The zero-order valence-corrected chi connectivity index (χ0v) is 11.0. The largest absolute Gasteiger partial charge is 0.489 e. The highest BCUT2D eigenvalue weighted by Gasteiger charge is 1.99.